The first-order valence-electron chi connectivity index (χ1n) is 7.68. The molecule has 126 valence electrons. The molecule has 4 nitrogen and oxygen atoms in total. The highest BCUT2D eigenvalue weighted by Crippen LogP contribution is 2.23. The Morgan fingerprint density at radius 1 is 1.04 bits per heavy atom. The Hall–Kier alpha value is -2.14. The van der Waals surface area contributed by atoms with Gasteiger partial charge in [0, 0.05) is 22.8 Å². The number of carbonyl (C=O) groups excluding carboxylic acids is 2. The van der Waals surface area contributed by atoms with Crippen LogP contribution in [0, 0.1) is 20.8 Å². The smallest absolute Gasteiger partial charge is 0.244 e. The fraction of sp³-hybridized carbons (Fsp3) is 0.263. The summed E-state index contributed by atoms with van der Waals surface area (Å²) in [5.41, 5.74) is 4.62. The third kappa shape index (κ3) is 4.68. The maximum absolute atomic E-state index is 12.4. The van der Waals surface area contributed by atoms with Gasteiger partial charge in [-0.2, -0.15) is 0 Å². The van der Waals surface area contributed by atoms with Gasteiger partial charge in [0.2, 0.25) is 11.8 Å². The Bertz CT molecular complexity index is 767. The van der Waals surface area contributed by atoms with Gasteiger partial charge in [-0.1, -0.05) is 22.0 Å². The van der Waals surface area contributed by atoms with E-state index in [0.29, 0.717) is 5.69 Å². The largest absolute Gasteiger partial charge is 0.325 e. The highest BCUT2D eigenvalue weighted by molar-refractivity contribution is 9.10. The summed E-state index contributed by atoms with van der Waals surface area (Å²) in [6.45, 7) is 7.34. The number of nitrogens with zero attached hydrogens (tertiary/aromatic N) is 1. The number of anilines is 2. The van der Waals surface area contributed by atoms with E-state index in [1.807, 2.05) is 57.2 Å². The molecule has 2 aromatic rings. The first-order valence-corrected chi connectivity index (χ1v) is 8.48. The lowest BCUT2D eigenvalue weighted by Gasteiger charge is -2.21. The molecule has 0 aromatic heterocycles. The van der Waals surface area contributed by atoms with Crippen molar-refractivity contribution in [2.45, 2.75) is 27.7 Å². The van der Waals surface area contributed by atoms with Crippen LogP contribution in [0.2, 0.25) is 0 Å². The Labute approximate surface area is 151 Å². The number of hydrogen-bond donors (Lipinski definition) is 1. The van der Waals surface area contributed by atoms with Gasteiger partial charge in [0.05, 0.1) is 0 Å². The Balaban J connectivity index is 2.16. The molecule has 2 aromatic carbocycles. The van der Waals surface area contributed by atoms with Gasteiger partial charge in [-0.15, -0.1) is 0 Å². The zero-order valence-corrected chi connectivity index (χ0v) is 15.9. The molecule has 0 spiro atoms. The van der Waals surface area contributed by atoms with Crippen LogP contribution in [0.1, 0.15) is 23.6 Å². The van der Waals surface area contributed by atoms with Crippen molar-refractivity contribution in [2.75, 3.05) is 16.8 Å². The van der Waals surface area contributed by atoms with Crippen LogP contribution in [-0.2, 0) is 9.59 Å². The van der Waals surface area contributed by atoms with Gasteiger partial charge < -0.3 is 10.2 Å². The summed E-state index contributed by atoms with van der Waals surface area (Å²) >= 11 is 3.44. The van der Waals surface area contributed by atoms with Gasteiger partial charge in [-0.05, 0) is 67.8 Å². The van der Waals surface area contributed by atoms with Crippen molar-refractivity contribution in [3.8, 4) is 0 Å². The predicted octanol–water partition coefficient (Wildman–Crippen LogP) is 4.37. The number of halogens is 1. The molecule has 0 aliphatic carbocycles. The van der Waals surface area contributed by atoms with Gasteiger partial charge in [-0.25, -0.2) is 0 Å². The molecular weight excluding hydrogens is 368 g/mol. The van der Waals surface area contributed by atoms with Gasteiger partial charge >= 0.3 is 0 Å². The summed E-state index contributed by atoms with van der Waals surface area (Å²) < 4.78 is 0.967. The van der Waals surface area contributed by atoms with E-state index in [9.17, 15) is 9.59 Å². The zero-order valence-electron chi connectivity index (χ0n) is 14.3. The molecule has 0 saturated heterocycles. The van der Waals surface area contributed by atoms with E-state index >= 15 is 0 Å². The van der Waals surface area contributed by atoms with Crippen LogP contribution in [0.3, 0.4) is 0 Å². The molecular formula is C19H21BrN2O2. The summed E-state index contributed by atoms with van der Waals surface area (Å²) in [5.74, 6) is -0.400. The minimum absolute atomic E-state index is 0.0244. The van der Waals surface area contributed by atoms with Gasteiger partial charge in [0.25, 0.3) is 0 Å². The van der Waals surface area contributed by atoms with Crippen LogP contribution in [0.4, 0.5) is 11.4 Å². The number of benzene rings is 2. The molecule has 1 N–H and O–H groups in total. The summed E-state index contributed by atoms with van der Waals surface area (Å²) in [5, 5.41) is 2.86. The maximum atomic E-state index is 12.4. The molecule has 0 radical (unpaired) electrons. The van der Waals surface area contributed by atoms with Crippen LogP contribution in [-0.4, -0.2) is 18.4 Å². The van der Waals surface area contributed by atoms with E-state index < -0.39 is 0 Å². The van der Waals surface area contributed by atoms with Crippen molar-refractivity contribution < 1.29 is 9.59 Å². The molecule has 0 heterocycles. The average molecular weight is 389 g/mol. The lowest BCUT2D eigenvalue weighted by molar-refractivity contribution is -0.120. The molecule has 0 atom stereocenters. The fourth-order valence-electron chi connectivity index (χ4n) is 2.57. The second-order valence-corrected chi connectivity index (χ2v) is 6.82. The van der Waals surface area contributed by atoms with Crippen LogP contribution in [0.5, 0.6) is 0 Å². The van der Waals surface area contributed by atoms with Crippen molar-refractivity contribution >= 4 is 39.1 Å². The standard InChI is InChI=1S/C19H21BrN2O2/c1-12-7-13(2)9-16(8-12)21-19(24)11-22(15(4)23)17-5-6-18(20)14(3)10-17/h5-10H,11H2,1-4H3,(H,21,24). The van der Waals surface area contributed by atoms with E-state index in [1.54, 1.807) is 0 Å². The molecule has 2 amide bonds. The second kappa shape index (κ2) is 7.62. The SMILES string of the molecule is CC(=O)N(CC(=O)Nc1cc(C)cc(C)c1)c1ccc(Br)c(C)c1. The molecule has 0 aliphatic rings. The van der Waals surface area contributed by atoms with E-state index in [0.717, 1.165) is 26.9 Å². The van der Waals surface area contributed by atoms with Crippen LogP contribution in [0.25, 0.3) is 0 Å². The van der Waals surface area contributed by atoms with E-state index in [2.05, 4.69) is 21.2 Å². The molecule has 0 bridgehead atoms. The van der Waals surface area contributed by atoms with Gasteiger partial charge in [0.1, 0.15) is 6.54 Å². The number of hydrogen-bond acceptors (Lipinski definition) is 2. The van der Waals surface area contributed by atoms with Crippen LogP contribution >= 0.6 is 15.9 Å². The number of amides is 2. The maximum Gasteiger partial charge on any atom is 0.244 e. The van der Waals surface area contributed by atoms with E-state index in [1.165, 1.54) is 11.8 Å². The minimum atomic E-state index is -0.226. The molecule has 0 aliphatic heterocycles. The number of nitrogens with one attached hydrogen (secondary N) is 1. The molecule has 5 heteroatoms. The highest BCUT2D eigenvalue weighted by Gasteiger charge is 2.16. The van der Waals surface area contributed by atoms with Crippen LogP contribution in [0.15, 0.2) is 40.9 Å². The monoisotopic (exact) mass is 388 g/mol. The van der Waals surface area contributed by atoms with Crippen molar-refractivity contribution in [2.24, 2.45) is 0 Å². The second-order valence-electron chi connectivity index (χ2n) is 5.96. The predicted molar refractivity (Wildman–Crippen MR) is 101 cm³/mol. The van der Waals surface area contributed by atoms with Crippen molar-refractivity contribution in [1.82, 2.24) is 0 Å². The molecule has 24 heavy (non-hydrogen) atoms. The fourth-order valence-corrected chi connectivity index (χ4v) is 2.82. The summed E-state index contributed by atoms with van der Waals surface area (Å²) in [4.78, 5) is 25.8. The lowest BCUT2D eigenvalue weighted by atomic mass is 10.1. The topological polar surface area (TPSA) is 49.4 Å². The Morgan fingerprint density at radius 2 is 1.67 bits per heavy atom. The molecule has 2 rings (SSSR count). The number of carbonyl (C=O) groups is 2. The van der Waals surface area contributed by atoms with E-state index in [4.69, 9.17) is 0 Å². The highest BCUT2D eigenvalue weighted by atomic mass is 79.9. The third-order valence-electron chi connectivity index (χ3n) is 3.64. The molecule has 0 fully saturated rings. The van der Waals surface area contributed by atoms with Crippen molar-refractivity contribution in [3.63, 3.8) is 0 Å². The quantitative estimate of drug-likeness (QED) is 0.845. The van der Waals surface area contributed by atoms with Crippen LogP contribution < -0.4 is 10.2 Å². The van der Waals surface area contributed by atoms with Crippen molar-refractivity contribution in [3.05, 3.63) is 57.6 Å². The average Bonchev–Trinajstić information content (AvgIpc) is 2.46. The first-order chi connectivity index (χ1) is 11.3. The first kappa shape index (κ1) is 18.2. The lowest BCUT2D eigenvalue weighted by Crippen LogP contribution is -2.36. The number of rotatable bonds is 4. The Kier molecular flexibility index (Phi) is 5.78. The van der Waals surface area contributed by atoms with Gasteiger partial charge in [0.15, 0.2) is 0 Å². The third-order valence-corrected chi connectivity index (χ3v) is 4.53. The Morgan fingerprint density at radius 3 is 2.21 bits per heavy atom. The summed E-state index contributed by atoms with van der Waals surface area (Å²) in [6, 6.07) is 11.4. The van der Waals surface area contributed by atoms with Gasteiger partial charge in [-0.3, -0.25) is 9.59 Å². The normalized spacial score (nSPS) is 10.4. The molecule has 0 saturated carbocycles. The van der Waals surface area contributed by atoms with Crippen molar-refractivity contribution in [1.29, 1.82) is 0 Å². The summed E-state index contributed by atoms with van der Waals surface area (Å²) in [7, 11) is 0. The molecule has 0 unspecified atom stereocenters. The van der Waals surface area contributed by atoms with E-state index in [-0.39, 0.29) is 18.4 Å². The zero-order chi connectivity index (χ0) is 17.9. The number of aryl methyl sites for hydroxylation is 3. The summed E-state index contributed by atoms with van der Waals surface area (Å²) in [6.07, 6.45) is 0. The minimum Gasteiger partial charge on any atom is -0.325 e.